The van der Waals surface area contributed by atoms with E-state index < -0.39 is 0 Å². The van der Waals surface area contributed by atoms with Gasteiger partial charge in [0, 0.05) is 36.7 Å². The zero-order chi connectivity index (χ0) is 14.5. The number of nitrogens with zero attached hydrogens (tertiary/aromatic N) is 4. The first-order valence-corrected chi connectivity index (χ1v) is 7.46. The van der Waals surface area contributed by atoms with Crippen LogP contribution in [0.2, 0.25) is 0 Å². The van der Waals surface area contributed by atoms with E-state index in [0.29, 0.717) is 17.6 Å². The first-order valence-electron chi connectivity index (χ1n) is 7.46. The maximum Gasteiger partial charge on any atom is 0.182 e. The predicted molar refractivity (Wildman–Crippen MR) is 82.0 cm³/mol. The molecule has 2 aromatic rings. The summed E-state index contributed by atoms with van der Waals surface area (Å²) in [7, 11) is 0. The second kappa shape index (κ2) is 6.58. The van der Waals surface area contributed by atoms with Crippen molar-refractivity contribution in [1.82, 2.24) is 25.3 Å². The summed E-state index contributed by atoms with van der Waals surface area (Å²) in [4.78, 5) is 17.5. The molecule has 3 rings (SSSR count). The van der Waals surface area contributed by atoms with Gasteiger partial charge < -0.3 is 10.6 Å². The fourth-order valence-electron chi connectivity index (χ4n) is 2.47. The predicted octanol–water partition coefficient (Wildman–Crippen LogP) is 1.66. The maximum atomic E-state index is 4.59. The average molecular weight is 284 g/mol. The maximum absolute atomic E-state index is 4.59. The molecular formula is C15H20N6. The summed E-state index contributed by atoms with van der Waals surface area (Å²) < 4.78 is 0. The SMILES string of the molecule is CCc1cc(NC2CCCNC2)nc(-c2cnccn2)n1. The standard InChI is InChI=1S/C15H20N6/c1-2-11-8-14(19-12-4-3-5-16-9-12)21-15(20-11)13-10-17-6-7-18-13/h6-8,10,12,16H,2-5,9H2,1H3,(H,19,20,21). The summed E-state index contributed by atoms with van der Waals surface area (Å²) in [6.45, 7) is 4.17. The van der Waals surface area contributed by atoms with Gasteiger partial charge in [-0.1, -0.05) is 6.92 Å². The van der Waals surface area contributed by atoms with Gasteiger partial charge in [-0.3, -0.25) is 4.98 Å². The lowest BCUT2D eigenvalue weighted by Gasteiger charge is -2.24. The zero-order valence-corrected chi connectivity index (χ0v) is 12.2. The Morgan fingerprint density at radius 3 is 3.00 bits per heavy atom. The minimum absolute atomic E-state index is 0.424. The first kappa shape index (κ1) is 13.9. The van der Waals surface area contributed by atoms with Crippen LogP contribution in [0.1, 0.15) is 25.5 Å². The Labute approximate surface area is 124 Å². The lowest BCUT2D eigenvalue weighted by Crippen LogP contribution is -2.38. The van der Waals surface area contributed by atoms with Gasteiger partial charge in [0.15, 0.2) is 5.82 Å². The molecule has 0 bridgehead atoms. The summed E-state index contributed by atoms with van der Waals surface area (Å²) in [6, 6.07) is 2.45. The molecule has 1 aliphatic heterocycles. The number of rotatable bonds is 4. The van der Waals surface area contributed by atoms with E-state index in [1.54, 1.807) is 18.6 Å². The molecule has 1 fully saturated rings. The molecular weight excluding hydrogens is 264 g/mol. The number of piperidine rings is 1. The van der Waals surface area contributed by atoms with Crippen molar-refractivity contribution in [3.05, 3.63) is 30.4 Å². The van der Waals surface area contributed by atoms with Crippen molar-refractivity contribution in [1.29, 1.82) is 0 Å². The summed E-state index contributed by atoms with van der Waals surface area (Å²) >= 11 is 0. The number of aryl methyl sites for hydroxylation is 1. The minimum Gasteiger partial charge on any atom is -0.366 e. The third-order valence-corrected chi connectivity index (χ3v) is 3.58. The molecule has 2 N–H and O–H groups in total. The van der Waals surface area contributed by atoms with Crippen LogP contribution in [0.15, 0.2) is 24.7 Å². The highest BCUT2D eigenvalue weighted by atomic mass is 15.1. The van der Waals surface area contributed by atoms with E-state index in [4.69, 9.17) is 0 Å². The lowest BCUT2D eigenvalue weighted by molar-refractivity contribution is 0.479. The topological polar surface area (TPSA) is 75.6 Å². The molecule has 1 atom stereocenters. The fraction of sp³-hybridized carbons (Fsp3) is 0.467. The van der Waals surface area contributed by atoms with E-state index in [-0.39, 0.29) is 0 Å². The van der Waals surface area contributed by atoms with E-state index in [2.05, 4.69) is 37.5 Å². The molecule has 21 heavy (non-hydrogen) atoms. The van der Waals surface area contributed by atoms with Gasteiger partial charge in [0.1, 0.15) is 11.5 Å². The normalized spacial score (nSPS) is 18.4. The highest BCUT2D eigenvalue weighted by molar-refractivity contribution is 5.52. The molecule has 0 saturated carbocycles. The second-order valence-electron chi connectivity index (χ2n) is 5.20. The Morgan fingerprint density at radius 2 is 2.29 bits per heavy atom. The zero-order valence-electron chi connectivity index (χ0n) is 12.2. The molecule has 0 aliphatic carbocycles. The minimum atomic E-state index is 0.424. The molecule has 6 nitrogen and oxygen atoms in total. The van der Waals surface area contributed by atoms with E-state index >= 15 is 0 Å². The third-order valence-electron chi connectivity index (χ3n) is 3.58. The summed E-state index contributed by atoms with van der Waals surface area (Å²) in [6.07, 6.45) is 8.24. The molecule has 0 aromatic carbocycles. The summed E-state index contributed by atoms with van der Waals surface area (Å²) in [5.74, 6) is 1.50. The molecule has 1 aliphatic rings. The largest absolute Gasteiger partial charge is 0.366 e. The van der Waals surface area contributed by atoms with Gasteiger partial charge >= 0.3 is 0 Å². The highest BCUT2D eigenvalue weighted by Crippen LogP contribution is 2.17. The Kier molecular flexibility index (Phi) is 4.35. The Morgan fingerprint density at radius 1 is 1.33 bits per heavy atom. The molecule has 110 valence electrons. The monoisotopic (exact) mass is 284 g/mol. The highest BCUT2D eigenvalue weighted by Gasteiger charge is 2.14. The van der Waals surface area contributed by atoms with Crippen molar-refractivity contribution >= 4 is 5.82 Å². The van der Waals surface area contributed by atoms with Crippen LogP contribution < -0.4 is 10.6 Å². The average Bonchev–Trinajstić information content (AvgIpc) is 2.56. The van der Waals surface area contributed by atoms with Crippen molar-refractivity contribution < 1.29 is 0 Å². The van der Waals surface area contributed by atoms with E-state index in [9.17, 15) is 0 Å². The van der Waals surface area contributed by atoms with Crippen LogP contribution in [0.4, 0.5) is 5.82 Å². The van der Waals surface area contributed by atoms with Crippen LogP contribution in [-0.2, 0) is 6.42 Å². The smallest absolute Gasteiger partial charge is 0.182 e. The Bertz CT molecular complexity index is 580. The Hall–Kier alpha value is -2.08. The van der Waals surface area contributed by atoms with E-state index in [1.807, 2.05) is 6.07 Å². The number of hydrogen-bond donors (Lipinski definition) is 2. The number of aromatic nitrogens is 4. The summed E-state index contributed by atoms with van der Waals surface area (Å²) in [5.41, 5.74) is 1.72. The molecule has 3 heterocycles. The van der Waals surface area contributed by atoms with Crippen LogP contribution in [0, 0.1) is 0 Å². The number of hydrogen-bond acceptors (Lipinski definition) is 6. The molecule has 1 unspecified atom stereocenters. The molecule has 0 spiro atoms. The number of anilines is 1. The quantitative estimate of drug-likeness (QED) is 0.889. The van der Waals surface area contributed by atoms with Crippen molar-refractivity contribution in [2.75, 3.05) is 18.4 Å². The van der Waals surface area contributed by atoms with Gasteiger partial charge in [0.05, 0.1) is 6.20 Å². The van der Waals surface area contributed by atoms with Gasteiger partial charge in [-0.15, -0.1) is 0 Å². The van der Waals surface area contributed by atoms with Gasteiger partial charge in [0.25, 0.3) is 0 Å². The fourth-order valence-corrected chi connectivity index (χ4v) is 2.47. The molecule has 1 saturated heterocycles. The molecule has 2 aromatic heterocycles. The van der Waals surface area contributed by atoms with Crippen molar-refractivity contribution in [2.24, 2.45) is 0 Å². The lowest BCUT2D eigenvalue weighted by atomic mass is 10.1. The second-order valence-corrected chi connectivity index (χ2v) is 5.20. The van der Waals surface area contributed by atoms with Crippen molar-refractivity contribution in [2.45, 2.75) is 32.2 Å². The molecule has 0 amide bonds. The molecule has 6 heteroatoms. The van der Waals surface area contributed by atoms with Gasteiger partial charge in [-0.05, 0) is 25.8 Å². The van der Waals surface area contributed by atoms with Gasteiger partial charge in [0.2, 0.25) is 0 Å². The van der Waals surface area contributed by atoms with E-state index in [0.717, 1.165) is 31.0 Å². The van der Waals surface area contributed by atoms with Crippen molar-refractivity contribution in [3.63, 3.8) is 0 Å². The number of nitrogens with one attached hydrogen (secondary N) is 2. The first-order chi connectivity index (χ1) is 10.3. The van der Waals surface area contributed by atoms with Gasteiger partial charge in [-0.25, -0.2) is 15.0 Å². The van der Waals surface area contributed by atoms with Crippen molar-refractivity contribution in [3.8, 4) is 11.5 Å². The van der Waals surface area contributed by atoms with Crippen LogP contribution in [-0.4, -0.2) is 39.1 Å². The van der Waals surface area contributed by atoms with E-state index in [1.165, 1.54) is 12.8 Å². The van der Waals surface area contributed by atoms with Crippen LogP contribution in [0.3, 0.4) is 0 Å². The Balaban J connectivity index is 1.86. The third kappa shape index (κ3) is 3.52. The van der Waals surface area contributed by atoms with Crippen LogP contribution in [0.25, 0.3) is 11.5 Å². The van der Waals surface area contributed by atoms with Crippen LogP contribution in [0.5, 0.6) is 0 Å². The molecule has 0 radical (unpaired) electrons. The van der Waals surface area contributed by atoms with Gasteiger partial charge in [-0.2, -0.15) is 0 Å². The van der Waals surface area contributed by atoms with Crippen LogP contribution >= 0.6 is 0 Å². The summed E-state index contributed by atoms with van der Waals surface area (Å²) in [5, 5.41) is 6.91.